The summed E-state index contributed by atoms with van der Waals surface area (Å²) in [5.41, 5.74) is -0.0474. The topological polar surface area (TPSA) is 49.3 Å². The number of halogens is 3. The van der Waals surface area contributed by atoms with E-state index in [9.17, 15) is 13.6 Å². The Balaban J connectivity index is 2.74. The largest absolute Gasteiger partial charge is 0.481 e. The Labute approximate surface area is 99.6 Å². The summed E-state index contributed by atoms with van der Waals surface area (Å²) in [4.78, 5) is 10.5. The van der Waals surface area contributed by atoms with E-state index >= 15 is 0 Å². The summed E-state index contributed by atoms with van der Waals surface area (Å²) in [6.45, 7) is 1.51. The van der Waals surface area contributed by atoms with E-state index in [0.29, 0.717) is 0 Å². The van der Waals surface area contributed by atoms with Gasteiger partial charge in [0.2, 0.25) is 0 Å². The van der Waals surface area contributed by atoms with E-state index in [0.717, 1.165) is 12.1 Å². The fraction of sp³-hybridized carbons (Fsp3) is 0.300. The number of hydrogen-bond acceptors (Lipinski definition) is 2. The first kappa shape index (κ1) is 12.9. The van der Waals surface area contributed by atoms with Gasteiger partial charge in [0.05, 0.1) is 16.1 Å². The molecule has 0 aromatic heterocycles. The molecule has 0 bridgehead atoms. The Morgan fingerprint density at radius 3 is 2.69 bits per heavy atom. The minimum absolute atomic E-state index is 0.0295. The lowest BCUT2D eigenvalue weighted by Gasteiger charge is -2.10. The fourth-order valence-corrected chi connectivity index (χ4v) is 1.32. The number of rotatable bonds is 4. The van der Waals surface area contributed by atoms with Crippen LogP contribution in [0.4, 0.5) is 14.5 Å². The van der Waals surface area contributed by atoms with Crippen LogP contribution in [0.3, 0.4) is 0 Å². The molecule has 2 N–H and O–H groups in total. The first-order valence-corrected chi connectivity index (χ1v) is 5.32. The third-order valence-electron chi connectivity index (χ3n) is 2.03. The van der Waals surface area contributed by atoms with Crippen LogP contribution in [-0.4, -0.2) is 17.6 Å². The van der Waals surface area contributed by atoms with Crippen molar-refractivity contribution in [1.82, 2.24) is 0 Å². The molecule has 0 aliphatic heterocycles. The molecule has 0 aliphatic rings. The zero-order valence-corrected chi connectivity index (χ0v) is 10.0. The highest BCUT2D eigenvalue weighted by atomic mass is 79.9. The van der Waals surface area contributed by atoms with Crippen molar-refractivity contribution in [3.05, 3.63) is 28.2 Å². The number of nitrogens with one attached hydrogen (secondary N) is 1. The average molecular weight is 294 g/mol. The number of carboxylic acid groups (broad SMARTS) is 1. The first-order valence-electron chi connectivity index (χ1n) is 4.53. The van der Waals surface area contributed by atoms with Crippen molar-refractivity contribution in [3.8, 4) is 0 Å². The van der Waals surface area contributed by atoms with E-state index in [1.807, 2.05) is 0 Å². The molecule has 0 spiro atoms. The van der Waals surface area contributed by atoms with E-state index in [-0.39, 0.29) is 16.7 Å². The van der Waals surface area contributed by atoms with Crippen molar-refractivity contribution < 1.29 is 18.7 Å². The minimum Gasteiger partial charge on any atom is -0.481 e. The SMILES string of the molecule is CC(CNc1cc(F)c(Br)cc1F)C(=O)O. The smallest absolute Gasteiger partial charge is 0.308 e. The van der Waals surface area contributed by atoms with Gasteiger partial charge in [0.1, 0.15) is 11.6 Å². The van der Waals surface area contributed by atoms with Crippen molar-refractivity contribution in [3.63, 3.8) is 0 Å². The lowest BCUT2D eigenvalue weighted by atomic mass is 10.2. The molecule has 0 radical (unpaired) electrons. The van der Waals surface area contributed by atoms with Gasteiger partial charge in [-0.2, -0.15) is 0 Å². The first-order chi connectivity index (χ1) is 7.41. The van der Waals surface area contributed by atoms with Crippen LogP contribution in [0, 0.1) is 17.6 Å². The fourth-order valence-electron chi connectivity index (χ4n) is 1.01. The third-order valence-corrected chi connectivity index (χ3v) is 2.64. The zero-order valence-electron chi connectivity index (χ0n) is 8.43. The second-order valence-electron chi connectivity index (χ2n) is 3.37. The minimum atomic E-state index is -0.995. The number of anilines is 1. The van der Waals surface area contributed by atoms with Crippen LogP contribution in [-0.2, 0) is 4.79 Å². The lowest BCUT2D eigenvalue weighted by Crippen LogP contribution is -2.20. The van der Waals surface area contributed by atoms with E-state index in [1.165, 1.54) is 6.92 Å². The van der Waals surface area contributed by atoms with Crippen LogP contribution in [0.2, 0.25) is 0 Å². The summed E-state index contributed by atoms with van der Waals surface area (Å²) in [6, 6.07) is 1.97. The second kappa shape index (κ2) is 5.25. The zero-order chi connectivity index (χ0) is 12.3. The molecular formula is C10H10BrF2NO2. The molecule has 0 amide bonds. The molecule has 6 heteroatoms. The summed E-state index contributed by atoms with van der Waals surface area (Å²) in [5.74, 6) is -2.91. The monoisotopic (exact) mass is 293 g/mol. The maximum atomic E-state index is 13.3. The highest BCUT2D eigenvalue weighted by Gasteiger charge is 2.13. The highest BCUT2D eigenvalue weighted by molar-refractivity contribution is 9.10. The third kappa shape index (κ3) is 3.16. The summed E-state index contributed by atoms with van der Waals surface area (Å²) in [6.07, 6.45) is 0. The summed E-state index contributed by atoms with van der Waals surface area (Å²) >= 11 is 2.85. The Morgan fingerprint density at radius 2 is 2.12 bits per heavy atom. The quantitative estimate of drug-likeness (QED) is 0.839. The maximum absolute atomic E-state index is 13.3. The molecule has 0 fully saturated rings. The Kier molecular flexibility index (Phi) is 4.23. The summed E-state index contributed by atoms with van der Waals surface area (Å²) in [7, 11) is 0. The predicted molar refractivity (Wildman–Crippen MR) is 59.3 cm³/mol. The van der Waals surface area contributed by atoms with Gasteiger partial charge in [-0.1, -0.05) is 6.92 Å². The molecular weight excluding hydrogens is 284 g/mol. The van der Waals surface area contributed by atoms with Gasteiger partial charge in [-0.05, 0) is 22.0 Å². The van der Waals surface area contributed by atoms with Gasteiger partial charge in [0.25, 0.3) is 0 Å². The van der Waals surface area contributed by atoms with Crippen LogP contribution < -0.4 is 5.32 Å². The Bertz CT molecular complexity index is 412. The van der Waals surface area contributed by atoms with Crippen molar-refractivity contribution in [1.29, 1.82) is 0 Å². The predicted octanol–water partition coefficient (Wildman–Crippen LogP) is 2.86. The van der Waals surface area contributed by atoms with Gasteiger partial charge in [0.15, 0.2) is 0 Å². The van der Waals surface area contributed by atoms with Crippen molar-refractivity contribution in [2.45, 2.75) is 6.92 Å². The van der Waals surface area contributed by atoms with Gasteiger partial charge in [-0.25, -0.2) is 8.78 Å². The van der Waals surface area contributed by atoms with Gasteiger partial charge < -0.3 is 10.4 Å². The molecule has 16 heavy (non-hydrogen) atoms. The molecule has 1 atom stereocenters. The standard InChI is InChI=1S/C10H10BrF2NO2/c1-5(10(15)16)4-14-9-3-7(12)6(11)2-8(9)13/h2-3,5,14H,4H2,1H3,(H,15,16). The molecule has 1 aromatic carbocycles. The molecule has 0 saturated heterocycles. The van der Waals surface area contributed by atoms with Crippen molar-refractivity contribution in [2.75, 3.05) is 11.9 Å². The molecule has 1 rings (SSSR count). The Morgan fingerprint density at radius 1 is 1.50 bits per heavy atom. The number of hydrogen-bond donors (Lipinski definition) is 2. The van der Waals surface area contributed by atoms with Crippen LogP contribution in [0.15, 0.2) is 16.6 Å². The van der Waals surface area contributed by atoms with Crippen molar-refractivity contribution >= 4 is 27.6 Å². The van der Waals surface area contributed by atoms with Gasteiger partial charge in [-0.15, -0.1) is 0 Å². The molecule has 0 saturated carbocycles. The molecule has 3 nitrogen and oxygen atoms in total. The molecule has 0 heterocycles. The number of benzene rings is 1. The normalized spacial score (nSPS) is 12.2. The maximum Gasteiger partial charge on any atom is 0.308 e. The van der Waals surface area contributed by atoms with Crippen LogP contribution in [0.1, 0.15) is 6.92 Å². The average Bonchev–Trinajstić information content (AvgIpc) is 2.20. The van der Waals surface area contributed by atoms with Crippen LogP contribution in [0.5, 0.6) is 0 Å². The van der Waals surface area contributed by atoms with Crippen LogP contribution in [0.25, 0.3) is 0 Å². The number of carboxylic acids is 1. The lowest BCUT2D eigenvalue weighted by molar-refractivity contribution is -0.140. The van der Waals surface area contributed by atoms with Crippen LogP contribution >= 0.6 is 15.9 Å². The van der Waals surface area contributed by atoms with E-state index in [2.05, 4.69) is 21.2 Å². The van der Waals surface area contributed by atoms with E-state index in [1.54, 1.807) is 0 Å². The molecule has 1 aromatic rings. The number of carbonyl (C=O) groups is 1. The van der Waals surface area contributed by atoms with Gasteiger partial charge in [0, 0.05) is 12.6 Å². The summed E-state index contributed by atoms with van der Waals surface area (Å²) in [5, 5.41) is 11.2. The summed E-state index contributed by atoms with van der Waals surface area (Å²) < 4.78 is 26.4. The van der Waals surface area contributed by atoms with Crippen molar-refractivity contribution in [2.24, 2.45) is 5.92 Å². The second-order valence-corrected chi connectivity index (χ2v) is 4.22. The van der Waals surface area contributed by atoms with E-state index < -0.39 is 23.5 Å². The molecule has 0 aliphatic carbocycles. The highest BCUT2D eigenvalue weighted by Crippen LogP contribution is 2.23. The molecule has 1 unspecified atom stereocenters. The Hall–Kier alpha value is -1.17. The number of aliphatic carboxylic acids is 1. The van der Waals surface area contributed by atoms with E-state index in [4.69, 9.17) is 5.11 Å². The van der Waals surface area contributed by atoms with Gasteiger partial charge in [-0.3, -0.25) is 4.79 Å². The van der Waals surface area contributed by atoms with Gasteiger partial charge >= 0.3 is 5.97 Å². The molecule has 88 valence electrons.